The fraction of sp³-hybridized carbons (Fsp3) is 0.833. The zero-order valence-electron chi connectivity index (χ0n) is 11.6. The van der Waals surface area contributed by atoms with Crippen LogP contribution in [0.15, 0.2) is 0 Å². The van der Waals surface area contributed by atoms with Gasteiger partial charge in [0.15, 0.2) is 0 Å². The highest BCUT2D eigenvalue weighted by molar-refractivity contribution is 5.81. The molecule has 18 heavy (non-hydrogen) atoms. The first-order valence-electron chi connectivity index (χ1n) is 6.10. The van der Waals surface area contributed by atoms with Gasteiger partial charge in [-0.2, -0.15) is 0 Å². The number of nitrogens with one attached hydrogen (secondary N) is 2. The third kappa shape index (κ3) is 6.56. The van der Waals surface area contributed by atoms with Crippen LogP contribution in [0.25, 0.3) is 0 Å². The van der Waals surface area contributed by atoms with Gasteiger partial charge in [0.2, 0.25) is 5.91 Å². The molecule has 1 atom stereocenters. The number of aliphatic hydroxyl groups is 1. The summed E-state index contributed by atoms with van der Waals surface area (Å²) in [6.07, 6.45) is -0.842. The van der Waals surface area contributed by atoms with Crippen molar-refractivity contribution < 1.29 is 19.4 Å². The van der Waals surface area contributed by atoms with E-state index in [1.807, 2.05) is 0 Å². The van der Waals surface area contributed by atoms with Crippen molar-refractivity contribution in [1.29, 1.82) is 0 Å². The lowest BCUT2D eigenvalue weighted by Crippen LogP contribution is -2.44. The van der Waals surface area contributed by atoms with Crippen molar-refractivity contribution in [2.45, 2.75) is 33.3 Å². The van der Waals surface area contributed by atoms with Gasteiger partial charge in [-0.05, 0) is 20.8 Å². The van der Waals surface area contributed by atoms with Crippen molar-refractivity contribution in [2.24, 2.45) is 5.41 Å². The Kier molecular flexibility index (Phi) is 7.54. The van der Waals surface area contributed by atoms with Crippen LogP contribution in [0.5, 0.6) is 0 Å². The van der Waals surface area contributed by atoms with Crippen LogP contribution < -0.4 is 10.6 Å². The molecule has 0 aromatic carbocycles. The molecule has 0 saturated carbocycles. The Balaban J connectivity index is 3.90. The van der Waals surface area contributed by atoms with E-state index in [1.165, 1.54) is 0 Å². The fourth-order valence-corrected chi connectivity index (χ4v) is 1.45. The molecule has 6 heteroatoms. The van der Waals surface area contributed by atoms with Gasteiger partial charge in [0.05, 0.1) is 24.5 Å². The molecule has 0 aliphatic heterocycles. The van der Waals surface area contributed by atoms with Crippen LogP contribution in [0.1, 0.15) is 27.2 Å². The molecule has 1 amide bonds. The van der Waals surface area contributed by atoms with Gasteiger partial charge >= 0.3 is 5.97 Å². The normalized spacial score (nSPS) is 12.9. The minimum atomic E-state index is -0.801. The van der Waals surface area contributed by atoms with Crippen LogP contribution in [0.3, 0.4) is 0 Å². The zero-order valence-corrected chi connectivity index (χ0v) is 11.6. The number of carbonyl (C=O) groups is 2. The first-order chi connectivity index (χ1) is 8.33. The minimum absolute atomic E-state index is 0.0404. The predicted molar refractivity (Wildman–Crippen MR) is 68.0 cm³/mol. The zero-order chi connectivity index (χ0) is 14.2. The number of rotatable bonds is 8. The molecular formula is C12H24N2O4. The van der Waals surface area contributed by atoms with E-state index in [0.29, 0.717) is 13.2 Å². The number of hydrogen-bond acceptors (Lipinski definition) is 5. The topological polar surface area (TPSA) is 87.7 Å². The van der Waals surface area contributed by atoms with E-state index < -0.39 is 17.5 Å². The maximum Gasteiger partial charge on any atom is 0.308 e. The molecule has 0 spiro atoms. The number of hydrogen-bond donors (Lipinski definition) is 3. The summed E-state index contributed by atoms with van der Waals surface area (Å²) >= 11 is 0. The van der Waals surface area contributed by atoms with Gasteiger partial charge in [-0.1, -0.05) is 0 Å². The van der Waals surface area contributed by atoms with Crippen molar-refractivity contribution >= 4 is 11.9 Å². The molecule has 0 saturated heterocycles. The SMILES string of the molecule is CCOC(=O)CC(O)CNCC(C)(C)C(=O)NC. The summed E-state index contributed by atoms with van der Waals surface area (Å²) in [5.74, 6) is -0.493. The van der Waals surface area contributed by atoms with Crippen molar-refractivity contribution in [3.8, 4) is 0 Å². The van der Waals surface area contributed by atoms with Crippen LogP contribution in [-0.4, -0.2) is 49.8 Å². The second-order valence-electron chi connectivity index (χ2n) is 4.76. The van der Waals surface area contributed by atoms with Crippen molar-refractivity contribution in [2.75, 3.05) is 26.7 Å². The molecule has 0 radical (unpaired) electrons. The van der Waals surface area contributed by atoms with E-state index in [1.54, 1.807) is 27.8 Å². The molecular weight excluding hydrogens is 236 g/mol. The smallest absolute Gasteiger partial charge is 0.308 e. The Morgan fingerprint density at radius 3 is 2.50 bits per heavy atom. The highest BCUT2D eigenvalue weighted by Gasteiger charge is 2.26. The number of aliphatic hydroxyl groups excluding tert-OH is 1. The Labute approximate surface area is 108 Å². The third-order valence-electron chi connectivity index (χ3n) is 2.50. The minimum Gasteiger partial charge on any atom is -0.466 e. The van der Waals surface area contributed by atoms with E-state index in [2.05, 4.69) is 10.6 Å². The summed E-state index contributed by atoms with van der Waals surface area (Å²) in [7, 11) is 1.58. The third-order valence-corrected chi connectivity index (χ3v) is 2.50. The van der Waals surface area contributed by atoms with Crippen LogP contribution in [0.2, 0.25) is 0 Å². The summed E-state index contributed by atoms with van der Waals surface area (Å²) in [5.41, 5.74) is -0.557. The molecule has 0 bridgehead atoms. The molecule has 1 unspecified atom stereocenters. The Morgan fingerprint density at radius 1 is 1.39 bits per heavy atom. The first-order valence-corrected chi connectivity index (χ1v) is 6.10. The van der Waals surface area contributed by atoms with E-state index in [4.69, 9.17) is 4.74 Å². The molecule has 0 aromatic rings. The van der Waals surface area contributed by atoms with E-state index >= 15 is 0 Å². The van der Waals surface area contributed by atoms with E-state index in [9.17, 15) is 14.7 Å². The molecule has 0 aromatic heterocycles. The second-order valence-corrected chi connectivity index (χ2v) is 4.76. The molecule has 6 nitrogen and oxygen atoms in total. The highest BCUT2D eigenvalue weighted by Crippen LogP contribution is 2.13. The summed E-state index contributed by atoms with van der Waals surface area (Å²) in [6.45, 7) is 6.30. The number of carbonyl (C=O) groups excluding carboxylic acids is 2. The standard InChI is InChI=1S/C12H24N2O4/c1-5-18-10(16)6-9(15)7-14-8-12(2,3)11(17)13-4/h9,14-15H,5-8H2,1-4H3,(H,13,17). The second kappa shape index (κ2) is 8.05. The van der Waals surface area contributed by atoms with Gasteiger partial charge in [0, 0.05) is 20.1 Å². The number of amides is 1. The van der Waals surface area contributed by atoms with Crippen LogP contribution in [0.4, 0.5) is 0 Å². The summed E-state index contributed by atoms with van der Waals surface area (Å²) in [5, 5.41) is 15.1. The van der Waals surface area contributed by atoms with E-state index in [-0.39, 0.29) is 18.9 Å². The van der Waals surface area contributed by atoms with E-state index in [0.717, 1.165) is 0 Å². The van der Waals surface area contributed by atoms with Crippen molar-refractivity contribution in [3.05, 3.63) is 0 Å². The van der Waals surface area contributed by atoms with Gasteiger partial charge in [-0.15, -0.1) is 0 Å². The molecule has 0 heterocycles. The Bertz CT molecular complexity index is 279. The average Bonchev–Trinajstić information content (AvgIpc) is 2.27. The molecule has 0 fully saturated rings. The van der Waals surface area contributed by atoms with Crippen molar-refractivity contribution in [3.63, 3.8) is 0 Å². The van der Waals surface area contributed by atoms with Gasteiger partial charge in [-0.25, -0.2) is 0 Å². The first kappa shape index (κ1) is 16.9. The largest absolute Gasteiger partial charge is 0.466 e. The fourth-order valence-electron chi connectivity index (χ4n) is 1.45. The maximum atomic E-state index is 11.5. The monoisotopic (exact) mass is 260 g/mol. The molecule has 3 N–H and O–H groups in total. The lowest BCUT2D eigenvalue weighted by molar-refractivity contribution is -0.145. The van der Waals surface area contributed by atoms with Gasteiger partial charge in [0.1, 0.15) is 0 Å². The predicted octanol–water partition coefficient (Wildman–Crippen LogP) is -0.338. The molecule has 106 valence electrons. The summed E-state index contributed by atoms with van der Waals surface area (Å²) < 4.78 is 4.72. The highest BCUT2D eigenvalue weighted by atomic mass is 16.5. The van der Waals surface area contributed by atoms with Gasteiger partial charge < -0.3 is 20.5 Å². The molecule has 0 aliphatic rings. The van der Waals surface area contributed by atoms with Crippen LogP contribution >= 0.6 is 0 Å². The van der Waals surface area contributed by atoms with Crippen LogP contribution in [0, 0.1) is 5.41 Å². The number of esters is 1. The lowest BCUT2D eigenvalue weighted by Gasteiger charge is -2.23. The van der Waals surface area contributed by atoms with Crippen LogP contribution in [-0.2, 0) is 14.3 Å². The summed E-state index contributed by atoms with van der Waals surface area (Å²) in [4.78, 5) is 22.6. The molecule has 0 aliphatic carbocycles. The lowest BCUT2D eigenvalue weighted by atomic mass is 9.92. The van der Waals surface area contributed by atoms with Gasteiger partial charge in [-0.3, -0.25) is 9.59 Å². The van der Waals surface area contributed by atoms with Gasteiger partial charge in [0.25, 0.3) is 0 Å². The van der Waals surface area contributed by atoms with Crippen molar-refractivity contribution in [1.82, 2.24) is 10.6 Å². The Morgan fingerprint density at radius 2 is 2.00 bits per heavy atom. The maximum absolute atomic E-state index is 11.5. The Hall–Kier alpha value is -1.14. The summed E-state index contributed by atoms with van der Waals surface area (Å²) in [6, 6.07) is 0. The molecule has 0 rings (SSSR count). The quantitative estimate of drug-likeness (QED) is 0.520. The average molecular weight is 260 g/mol. The number of ether oxygens (including phenoxy) is 1.